The molecule has 118 valence electrons. The Morgan fingerprint density at radius 2 is 1.64 bits per heavy atom. The first-order valence-electron chi connectivity index (χ1n) is 6.04. The first kappa shape index (κ1) is 18.0. The number of halogens is 1. The highest BCUT2D eigenvalue weighted by Gasteiger charge is 2.04. The van der Waals surface area contributed by atoms with Gasteiger partial charge < -0.3 is 4.42 Å². The monoisotopic (exact) mass is 327 g/mol. The molecule has 8 heteroatoms. The van der Waals surface area contributed by atoms with Crippen molar-refractivity contribution in [3.63, 3.8) is 0 Å². The molecule has 0 saturated carbocycles. The normalized spacial score (nSPS) is 11.6. The fourth-order valence-corrected chi connectivity index (χ4v) is 1.65. The smallest absolute Gasteiger partial charge is 0.382 e. The number of aryl methyl sites for hydroxylation is 1. The van der Waals surface area contributed by atoms with Gasteiger partial charge in [0.15, 0.2) is 0 Å². The second-order valence-electron chi connectivity index (χ2n) is 4.25. The van der Waals surface area contributed by atoms with Crippen LogP contribution in [0.5, 0.6) is 0 Å². The average molecular weight is 328 g/mol. The lowest BCUT2D eigenvalue weighted by Crippen LogP contribution is -2.79. The van der Waals surface area contributed by atoms with E-state index in [1.54, 1.807) is 6.07 Å². The Hall–Kier alpha value is -2.03. The van der Waals surface area contributed by atoms with E-state index in [1.165, 1.54) is 6.92 Å². The second kappa shape index (κ2) is 7.83. The Balaban J connectivity index is 0.000000422. The van der Waals surface area contributed by atoms with Crippen LogP contribution >= 0.6 is 0 Å². The Morgan fingerprint density at radius 3 is 2.14 bits per heavy atom. The molecule has 1 aromatic carbocycles. The summed E-state index contributed by atoms with van der Waals surface area (Å²) in [5.74, 6) is 1.42. The summed E-state index contributed by atoms with van der Waals surface area (Å²) in [5, 5.41) is 0.750. The van der Waals surface area contributed by atoms with Crippen molar-refractivity contribution >= 4 is 5.91 Å². The Kier molecular flexibility index (Phi) is 6.41. The van der Waals surface area contributed by atoms with Crippen LogP contribution in [0.3, 0.4) is 0 Å². The molecular formula is C14H14ClNO6. The van der Waals surface area contributed by atoms with Gasteiger partial charge >= 0.3 is 5.91 Å². The summed E-state index contributed by atoms with van der Waals surface area (Å²) in [6, 6.07) is 13.4. The topological polar surface area (TPSA) is 136 Å². The molecule has 0 aliphatic heterocycles. The molecule has 7 nitrogen and oxygen atoms in total. The summed E-state index contributed by atoms with van der Waals surface area (Å²) in [6.45, 7) is 3.35. The molecule has 1 amide bonds. The molecule has 1 N–H and O–H groups in total. The average Bonchev–Trinajstić information content (AvgIpc) is 2.36. The molecular weight excluding hydrogens is 314 g/mol. The van der Waals surface area contributed by atoms with Crippen LogP contribution < -0.4 is 29.0 Å². The molecule has 2 rings (SSSR count). The van der Waals surface area contributed by atoms with Gasteiger partial charge in [0.05, 0.1) is 13.0 Å². The molecule has 0 spiro atoms. The zero-order valence-corrected chi connectivity index (χ0v) is 12.6. The van der Waals surface area contributed by atoms with E-state index >= 15 is 0 Å². The quantitative estimate of drug-likeness (QED) is 0.567. The van der Waals surface area contributed by atoms with Crippen LogP contribution in [0.4, 0.5) is 0 Å². The number of nitrogens with one attached hydrogen (secondary N) is 1. The van der Waals surface area contributed by atoms with Crippen molar-refractivity contribution in [2.75, 3.05) is 0 Å². The van der Waals surface area contributed by atoms with Crippen LogP contribution in [-0.4, -0.2) is 5.91 Å². The zero-order chi connectivity index (χ0) is 16.8. The van der Waals surface area contributed by atoms with Gasteiger partial charge in [-0.15, -0.1) is 10.2 Å². The van der Waals surface area contributed by atoms with Gasteiger partial charge in [0, 0.05) is 11.6 Å². The molecule has 22 heavy (non-hydrogen) atoms. The Bertz CT molecular complexity index is 684. The van der Waals surface area contributed by atoms with Crippen LogP contribution in [0.2, 0.25) is 0 Å². The molecule has 0 aliphatic carbocycles. The van der Waals surface area contributed by atoms with Gasteiger partial charge in [-0.05, 0) is 6.92 Å². The number of amides is 1. The van der Waals surface area contributed by atoms with E-state index in [1.807, 2.05) is 43.3 Å². The molecule has 1 aromatic heterocycles. The van der Waals surface area contributed by atoms with E-state index in [0.29, 0.717) is 0 Å². The van der Waals surface area contributed by atoms with Gasteiger partial charge in [-0.25, -0.2) is 23.4 Å². The molecule has 0 radical (unpaired) electrons. The van der Waals surface area contributed by atoms with Gasteiger partial charge in [-0.3, -0.25) is 0 Å². The number of hydrogen-bond donors (Lipinski definition) is 1. The van der Waals surface area contributed by atoms with Crippen molar-refractivity contribution in [2.45, 2.75) is 13.8 Å². The van der Waals surface area contributed by atoms with Crippen molar-refractivity contribution in [3.05, 3.63) is 53.6 Å². The van der Waals surface area contributed by atoms with Crippen molar-refractivity contribution in [1.29, 1.82) is 0 Å². The van der Waals surface area contributed by atoms with Gasteiger partial charge in [-0.2, -0.15) is 4.99 Å². The lowest BCUT2D eigenvalue weighted by atomic mass is 10.1. The van der Waals surface area contributed by atoms with Crippen LogP contribution in [0.15, 0.2) is 46.9 Å². The maximum absolute atomic E-state index is 11.0. The van der Waals surface area contributed by atoms with Crippen LogP contribution in [0.25, 0.3) is 11.3 Å². The highest BCUT2D eigenvalue weighted by molar-refractivity contribution is 5.61. The molecule has 0 atom stereocenters. The van der Waals surface area contributed by atoms with Crippen molar-refractivity contribution in [3.8, 4) is 11.3 Å². The molecule has 2 aromatic rings. The molecule has 0 fully saturated rings. The SMILES string of the molecule is CC(=O)[NH+]=c1cc(C)oc(-c2ccccc2)c1.[O-][Cl+3]([O-])([O-])[O-]. The minimum absolute atomic E-state index is 0.0883. The van der Waals surface area contributed by atoms with E-state index in [9.17, 15) is 4.79 Å². The summed E-state index contributed by atoms with van der Waals surface area (Å²) in [7, 11) is -4.94. The second-order valence-corrected chi connectivity index (χ2v) is 5.00. The number of rotatable bonds is 1. The predicted octanol–water partition coefficient (Wildman–Crippen LogP) is -3.97. The summed E-state index contributed by atoms with van der Waals surface area (Å²) in [5.41, 5.74) is 0.989. The van der Waals surface area contributed by atoms with Gasteiger partial charge in [0.25, 0.3) is 0 Å². The largest absolute Gasteiger partial charge is 0.461 e. The summed E-state index contributed by atoms with van der Waals surface area (Å²) in [6.07, 6.45) is 0. The Labute approximate surface area is 128 Å². The predicted molar refractivity (Wildman–Crippen MR) is 63.7 cm³/mol. The number of carbonyl (C=O) groups excluding carboxylic acids is 1. The van der Waals surface area contributed by atoms with Crippen molar-refractivity contribution in [1.82, 2.24) is 0 Å². The van der Waals surface area contributed by atoms with Crippen molar-refractivity contribution in [2.24, 2.45) is 0 Å². The first-order valence-corrected chi connectivity index (χ1v) is 7.28. The van der Waals surface area contributed by atoms with Crippen LogP contribution in [0.1, 0.15) is 12.7 Å². The van der Waals surface area contributed by atoms with E-state index < -0.39 is 10.2 Å². The number of benzene rings is 1. The van der Waals surface area contributed by atoms with Gasteiger partial charge in [0.1, 0.15) is 11.5 Å². The van der Waals surface area contributed by atoms with Crippen LogP contribution in [-0.2, 0) is 4.79 Å². The van der Waals surface area contributed by atoms with E-state index in [-0.39, 0.29) is 5.91 Å². The van der Waals surface area contributed by atoms with E-state index in [4.69, 9.17) is 23.1 Å². The van der Waals surface area contributed by atoms with E-state index in [0.717, 1.165) is 22.4 Å². The molecule has 0 bridgehead atoms. The fraction of sp³-hybridized carbons (Fsp3) is 0.143. The van der Waals surface area contributed by atoms with Gasteiger partial charge in [0.2, 0.25) is 5.36 Å². The summed E-state index contributed by atoms with van der Waals surface area (Å²) in [4.78, 5) is 13.8. The summed E-state index contributed by atoms with van der Waals surface area (Å²) >= 11 is 0. The third kappa shape index (κ3) is 7.67. The molecule has 1 heterocycles. The standard InChI is InChI=1S/C14H13NO2.ClHO4/c1-10-8-13(15-11(2)16)9-14(17-10)12-6-4-3-5-7-12;2-1(3,4)5/h3-9H,1-2H3;(H,2,3,4,5). The number of carbonyl (C=O) groups is 1. The number of hydrogen-bond acceptors (Lipinski definition) is 6. The maximum Gasteiger partial charge on any atom is 0.382 e. The third-order valence-electron chi connectivity index (χ3n) is 2.29. The zero-order valence-electron chi connectivity index (χ0n) is 11.9. The van der Waals surface area contributed by atoms with Crippen LogP contribution in [0, 0.1) is 17.2 Å². The fourth-order valence-electron chi connectivity index (χ4n) is 1.65. The molecule has 0 aliphatic rings. The third-order valence-corrected chi connectivity index (χ3v) is 2.29. The summed E-state index contributed by atoms with van der Waals surface area (Å²) < 4.78 is 39.6. The van der Waals surface area contributed by atoms with Gasteiger partial charge in [-0.1, -0.05) is 30.3 Å². The molecule has 0 unspecified atom stereocenters. The van der Waals surface area contributed by atoms with E-state index in [2.05, 4.69) is 4.99 Å². The lowest BCUT2D eigenvalue weighted by Gasteiger charge is -2.17. The lowest BCUT2D eigenvalue weighted by molar-refractivity contribution is -2.00. The molecule has 0 saturated heterocycles. The first-order chi connectivity index (χ1) is 10.1. The maximum atomic E-state index is 11.0. The minimum atomic E-state index is -4.94. The Morgan fingerprint density at radius 1 is 1.09 bits per heavy atom. The highest BCUT2D eigenvalue weighted by Crippen LogP contribution is 2.17. The highest BCUT2D eigenvalue weighted by atomic mass is 35.7. The minimum Gasteiger partial charge on any atom is -0.461 e. The van der Waals surface area contributed by atoms with Crippen molar-refractivity contribution < 1.29 is 43.1 Å².